The molecule has 3 heterocycles. The number of nitrogens with zero attached hydrogens (tertiary/aromatic N) is 4. The van der Waals surface area contributed by atoms with Crippen LogP contribution in [0.2, 0.25) is 0 Å². The molecule has 1 aliphatic rings. The van der Waals surface area contributed by atoms with E-state index in [0.717, 1.165) is 30.4 Å². The molecule has 0 aliphatic carbocycles. The smallest absolute Gasteiger partial charge is 0.289 e. The molecular formula is C18H24IN5O2. The summed E-state index contributed by atoms with van der Waals surface area (Å²) in [6.07, 6.45) is 1.52. The number of amides is 1. The fraction of sp³-hybridized carbons (Fsp3) is 0.389. The SMILES string of the molecule is CN=C(NCc1cccc(C)n1)N1CCN(C(=O)c2ccco2)CC1.I. The number of piperazine rings is 1. The molecule has 8 heteroatoms. The van der Waals surface area contributed by atoms with Gasteiger partial charge in [0.1, 0.15) is 0 Å². The van der Waals surface area contributed by atoms with Crippen LogP contribution in [-0.2, 0) is 6.54 Å². The zero-order valence-electron chi connectivity index (χ0n) is 15.0. The number of aliphatic imine (C=N–C) groups is 1. The van der Waals surface area contributed by atoms with Crippen molar-refractivity contribution in [1.29, 1.82) is 0 Å². The van der Waals surface area contributed by atoms with Crippen molar-refractivity contribution in [2.45, 2.75) is 13.5 Å². The van der Waals surface area contributed by atoms with Crippen LogP contribution in [0, 0.1) is 6.92 Å². The van der Waals surface area contributed by atoms with Crippen molar-refractivity contribution in [3.05, 3.63) is 53.7 Å². The summed E-state index contributed by atoms with van der Waals surface area (Å²) in [4.78, 5) is 25.1. The Morgan fingerprint density at radius 2 is 1.92 bits per heavy atom. The van der Waals surface area contributed by atoms with E-state index in [9.17, 15) is 4.79 Å². The van der Waals surface area contributed by atoms with Gasteiger partial charge in [-0.15, -0.1) is 24.0 Å². The van der Waals surface area contributed by atoms with Gasteiger partial charge in [-0.2, -0.15) is 0 Å². The van der Waals surface area contributed by atoms with Crippen LogP contribution in [0.15, 0.2) is 46.0 Å². The molecule has 0 atom stereocenters. The van der Waals surface area contributed by atoms with Crippen LogP contribution in [0.1, 0.15) is 21.9 Å². The Morgan fingerprint density at radius 1 is 1.19 bits per heavy atom. The number of halogens is 1. The third-order valence-corrected chi connectivity index (χ3v) is 4.18. The number of carbonyl (C=O) groups is 1. The first-order chi connectivity index (χ1) is 12.2. The summed E-state index contributed by atoms with van der Waals surface area (Å²) in [5.41, 5.74) is 1.98. The summed E-state index contributed by atoms with van der Waals surface area (Å²) in [7, 11) is 1.77. The zero-order valence-corrected chi connectivity index (χ0v) is 17.3. The molecule has 0 saturated carbocycles. The number of carbonyl (C=O) groups excluding carboxylic acids is 1. The fourth-order valence-corrected chi connectivity index (χ4v) is 2.88. The molecule has 7 nitrogen and oxygen atoms in total. The van der Waals surface area contributed by atoms with Gasteiger partial charge in [0.15, 0.2) is 11.7 Å². The first-order valence-corrected chi connectivity index (χ1v) is 8.38. The van der Waals surface area contributed by atoms with Crippen molar-refractivity contribution in [2.24, 2.45) is 4.99 Å². The highest BCUT2D eigenvalue weighted by Crippen LogP contribution is 2.09. The molecule has 1 fully saturated rings. The number of hydrogen-bond donors (Lipinski definition) is 1. The van der Waals surface area contributed by atoms with E-state index < -0.39 is 0 Å². The number of nitrogens with one attached hydrogen (secondary N) is 1. The molecule has 3 rings (SSSR count). The van der Waals surface area contributed by atoms with Crippen molar-refractivity contribution in [3.8, 4) is 0 Å². The highest BCUT2D eigenvalue weighted by Gasteiger charge is 2.25. The normalized spacial score (nSPS) is 14.8. The topological polar surface area (TPSA) is 74.0 Å². The van der Waals surface area contributed by atoms with E-state index in [1.165, 1.54) is 6.26 Å². The molecular weight excluding hydrogens is 445 g/mol. The average Bonchev–Trinajstić information content (AvgIpc) is 3.17. The summed E-state index contributed by atoms with van der Waals surface area (Å²) >= 11 is 0. The van der Waals surface area contributed by atoms with E-state index in [1.54, 1.807) is 19.2 Å². The van der Waals surface area contributed by atoms with Gasteiger partial charge in [-0.25, -0.2) is 0 Å². The second-order valence-electron chi connectivity index (χ2n) is 5.93. The monoisotopic (exact) mass is 469 g/mol. The zero-order chi connectivity index (χ0) is 17.6. The number of aromatic nitrogens is 1. The number of rotatable bonds is 3. The Morgan fingerprint density at radius 3 is 2.54 bits per heavy atom. The van der Waals surface area contributed by atoms with E-state index in [2.05, 4.69) is 20.2 Å². The number of aryl methyl sites for hydroxylation is 1. The lowest BCUT2D eigenvalue weighted by Crippen LogP contribution is -2.53. The van der Waals surface area contributed by atoms with Gasteiger partial charge in [0.2, 0.25) is 0 Å². The van der Waals surface area contributed by atoms with Crippen LogP contribution >= 0.6 is 24.0 Å². The van der Waals surface area contributed by atoms with Gasteiger partial charge in [0.05, 0.1) is 18.5 Å². The molecule has 140 valence electrons. The predicted octanol–water partition coefficient (Wildman–Crippen LogP) is 2.13. The third kappa shape index (κ3) is 4.96. The van der Waals surface area contributed by atoms with E-state index in [0.29, 0.717) is 25.4 Å². The van der Waals surface area contributed by atoms with Gasteiger partial charge in [0.25, 0.3) is 5.91 Å². The second-order valence-corrected chi connectivity index (χ2v) is 5.93. The highest BCUT2D eigenvalue weighted by molar-refractivity contribution is 14.0. The lowest BCUT2D eigenvalue weighted by Gasteiger charge is -2.36. The van der Waals surface area contributed by atoms with E-state index in [-0.39, 0.29) is 29.9 Å². The molecule has 0 spiro atoms. The summed E-state index contributed by atoms with van der Waals surface area (Å²) < 4.78 is 5.19. The first kappa shape index (κ1) is 20.2. The number of guanidine groups is 1. The van der Waals surface area contributed by atoms with Gasteiger partial charge in [-0.3, -0.25) is 14.8 Å². The minimum Gasteiger partial charge on any atom is -0.459 e. The molecule has 0 unspecified atom stereocenters. The van der Waals surface area contributed by atoms with Crippen LogP contribution in [0.5, 0.6) is 0 Å². The van der Waals surface area contributed by atoms with E-state index >= 15 is 0 Å². The van der Waals surface area contributed by atoms with Crippen LogP contribution < -0.4 is 5.32 Å². The maximum atomic E-state index is 12.3. The van der Waals surface area contributed by atoms with Crippen molar-refractivity contribution in [1.82, 2.24) is 20.1 Å². The van der Waals surface area contributed by atoms with Crippen LogP contribution in [0.4, 0.5) is 0 Å². The third-order valence-electron chi connectivity index (χ3n) is 4.18. The highest BCUT2D eigenvalue weighted by atomic mass is 127. The molecule has 1 amide bonds. The Hall–Kier alpha value is -2.10. The number of hydrogen-bond acceptors (Lipinski definition) is 4. The molecule has 2 aromatic rings. The van der Waals surface area contributed by atoms with Gasteiger partial charge >= 0.3 is 0 Å². The first-order valence-electron chi connectivity index (χ1n) is 8.38. The summed E-state index contributed by atoms with van der Waals surface area (Å²) in [6, 6.07) is 9.40. The predicted molar refractivity (Wildman–Crippen MR) is 111 cm³/mol. The van der Waals surface area contributed by atoms with E-state index in [1.807, 2.05) is 30.0 Å². The largest absolute Gasteiger partial charge is 0.459 e. The van der Waals surface area contributed by atoms with E-state index in [4.69, 9.17) is 4.42 Å². The van der Waals surface area contributed by atoms with Crippen molar-refractivity contribution in [3.63, 3.8) is 0 Å². The van der Waals surface area contributed by atoms with Gasteiger partial charge in [0, 0.05) is 38.9 Å². The van der Waals surface area contributed by atoms with Gasteiger partial charge < -0.3 is 19.5 Å². The van der Waals surface area contributed by atoms with Crippen molar-refractivity contribution < 1.29 is 9.21 Å². The van der Waals surface area contributed by atoms with Crippen molar-refractivity contribution in [2.75, 3.05) is 33.2 Å². The molecule has 0 aromatic carbocycles. The average molecular weight is 469 g/mol. The molecule has 2 aromatic heterocycles. The molecule has 1 aliphatic heterocycles. The second kappa shape index (κ2) is 9.56. The quantitative estimate of drug-likeness (QED) is 0.424. The molecule has 1 saturated heterocycles. The number of furan rings is 1. The summed E-state index contributed by atoms with van der Waals surface area (Å²) in [5, 5.41) is 3.35. The van der Waals surface area contributed by atoms with Crippen molar-refractivity contribution >= 4 is 35.8 Å². The Balaban J connectivity index is 0.00000243. The molecule has 1 N–H and O–H groups in total. The Labute approximate surface area is 170 Å². The Bertz CT molecular complexity index is 740. The van der Waals surface area contributed by atoms with Crippen LogP contribution in [-0.4, -0.2) is 59.9 Å². The lowest BCUT2D eigenvalue weighted by molar-refractivity contribution is 0.0657. The minimum absolute atomic E-state index is 0. The van der Waals surface area contributed by atoms with Gasteiger partial charge in [-0.05, 0) is 31.2 Å². The van der Waals surface area contributed by atoms with Gasteiger partial charge in [-0.1, -0.05) is 6.07 Å². The summed E-state index contributed by atoms with van der Waals surface area (Å²) in [6.45, 7) is 5.35. The maximum absolute atomic E-state index is 12.3. The molecule has 0 radical (unpaired) electrons. The molecule has 0 bridgehead atoms. The van der Waals surface area contributed by atoms with Crippen LogP contribution in [0.3, 0.4) is 0 Å². The fourth-order valence-electron chi connectivity index (χ4n) is 2.88. The standard InChI is InChI=1S/C18H23N5O2.HI/c1-14-5-3-6-15(21-14)13-20-18(19-2)23-10-8-22(9-11-23)17(24)16-7-4-12-25-16;/h3-7,12H,8-11,13H2,1-2H3,(H,19,20);1H. The van der Waals surface area contributed by atoms with Crippen LogP contribution in [0.25, 0.3) is 0 Å². The summed E-state index contributed by atoms with van der Waals surface area (Å²) in [5.74, 6) is 1.16. The number of pyridine rings is 1. The maximum Gasteiger partial charge on any atom is 0.289 e. The lowest BCUT2D eigenvalue weighted by atomic mass is 10.3. The molecule has 26 heavy (non-hydrogen) atoms. The minimum atomic E-state index is -0.0587. The Kier molecular flexibility index (Phi) is 7.43.